The lowest BCUT2D eigenvalue weighted by Crippen LogP contribution is -2.52. The zero-order valence-electron chi connectivity index (χ0n) is 25.3. The van der Waals surface area contributed by atoms with Crippen LogP contribution >= 0.6 is 0 Å². The van der Waals surface area contributed by atoms with Crippen LogP contribution in [-0.2, 0) is 32.6 Å². The van der Waals surface area contributed by atoms with Gasteiger partial charge in [0.1, 0.15) is 6.04 Å². The van der Waals surface area contributed by atoms with Crippen LogP contribution in [0.3, 0.4) is 0 Å². The quantitative estimate of drug-likeness (QED) is 0.282. The zero-order chi connectivity index (χ0) is 31.0. The van der Waals surface area contributed by atoms with E-state index in [1.165, 1.54) is 4.31 Å². The number of carbonyl (C=O) groups is 2. The molecule has 0 fully saturated rings. The van der Waals surface area contributed by atoms with Gasteiger partial charge in [-0.2, -0.15) is 0 Å². The number of ether oxygens (including phenoxy) is 2. The van der Waals surface area contributed by atoms with Crippen molar-refractivity contribution in [3.8, 4) is 11.5 Å². The molecular weight excluding hydrogens is 566 g/mol. The number of rotatable bonds is 14. The van der Waals surface area contributed by atoms with Crippen LogP contribution in [0.2, 0.25) is 0 Å². The Morgan fingerprint density at radius 1 is 0.977 bits per heavy atom. The summed E-state index contributed by atoms with van der Waals surface area (Å²) in [6.07, 6.45) is 2.57. The first-order valence-corrected chi connectivity index (χ1v) is 16.5. The second-order valence-electron chi connectivity index (χ2n) is 10.9. The number of benzene rings is 3. The lowest BCUT2D eigenvalue weighted by molar-refractivity contribution is -0.141. The second kappa shape index (κ2) is 14.4. The van der Waals surface area contributed by atoms with E-state index in [-0.39, 0.29) is 50.6 Å². The van der Waals surface area contributed by atoms with E-state index in [2.05, 4.69) is 5.32 Å². The molecule has 9 nitrogen and oxygen atoms in total. The SMILES string of the molecule is CC[C@@H](C)NC(=O)[C@H](Cc1ccccc1)N(Cc1ccccc1C)C(=O)CCCN(c1ccc2c(c1)OCO2)S(C)(=O)=O. The van der Waals surface area contributed by atoms with Gasteiger partial charge in [0.25, 0.3) is 0 Å². The van der Waals surface area contributed by atoms with Crippen molar-refractivity contribution in [2.45, 2.75) is 65.1 Å². The molecule has 230 valence electrons. The van der Waals surface area contributed by atoms with Crippen molar-refractivity contribution in [3.63, 3.8) is 0 Å². The van der Waals surface area contributed by atoms with Crippen molar-refractivity contribution in [2.75, 3.05) is 23.9 Å². The molecule has 0 unspecified atom stereocenters. The van der Waals surface area contributed by atoms with Crippen molar-refractivity contribution >= 4 is 27.5 Å². The third-order valence-corrected chi connectivity index (χ3v) is 8.86. The van der Waals surface area contributed by atoms with Gasteiger partial charge in [0.2, 0.25) is 28.6 Å². The van der Waals surface area contributed by atoms with E-state index < -0.39 is 16.1 Å². The fraction of sp³-hybridized carbons (Fsp3) is 0.394. The molecule has 1 heterocycles. The lowest BCUT2D eigenvalue weighted by atomic mass is 10.0. The highest BCUT2D eigenvalue weighted by atomic mass is 32.2. The molecule has 0 radical (unpaired) electrons. The standard InChI is InChI=1S/C33H41N3O6S/c1-5-25(3)34-33(38)29(20-26-13-7-6-8-14-26)35(22-27-15-10-9-12-24(27)2)32(37)16-11-19-36(43(4,39)40)28-17-18-30-31(21-28)42-23-41-30/h6-10,12-15,17-18,21,25,29H,5,11,16,19-20,22-23H2,1-4H3,(H,34,38)/t25-,29+/m1/s1. The van der Waals surface area contributed by atoms with Gasteiger partial charge in [-0.3, -0.25) is 13.9 Å². The van der Waals surface area contributed by atoms with E-state index in [0.717, 1.165) is 29.4 Å². The number of aryl methyl sites for hydroxylation is 1. The van der Waals surface area contributed by atoms with Gasteiger partial charge in [0.15, 0.2) is 11.5 Å². The minimum absolute atomic E-state index is 0.0498. The minimum atomic E-state index is -3.65. The number of fused-ring (bicyclic) bond motifs is 1. The normalized spacial score (nSPS) is 13.7. The molecule has 0 bridgehead atoms. The number of sulfonamides is 1. The van der Waals surface area contributed by atoms with Crippen LogP contribution in [0, 0.1) is 6.92 Å². The lowest BCUT2D eigenvalue weighted by Gasteiger charge is -2.33. The Hall–Kier alpha value is -4.05. The molecule has 1 aliphatic heterocycles. The molecule has 43 heavy (non-hydrogen) atoms. The van der Waals surface area contributed by atoms with Gasteiger partial charge in [-0.05, 0) is 55.5 Å². The summed E-state index contributed by atoms with van der Waals surface area (Å²) >= 11 is 0. The fourth-order valence-electron chi connectivity index (χ4n) is 5.01. The van der Waals surface area contributed by atoms with Crippen LogP contribution in [0.25, 0.3) is 0 Å². The Labute approximate surface area is 254 Å². The number of hydrogen-bond acceptors (Lipinski definition) is 6. The zero-order valence-corrected chi connectivity index (χ0v) is 26.1. The summed E-state index contributed by atoms with van der Waals surface area (Å²) in [5, 5.41) is 3.08. The molecule has 1 N–H and O–H groups in total. The first-order valence-electron chi connectivity index (χ1n) is 14.6. The Kier molecular flexibility index (Phi) is 10.7. The maximum absolute atomic E-state index is 14.0. The third kappa shape index (κ3) is 8.50. The monoisotopic (exact) mass is 607 g/mol. The smallest absolute Gasteiger partial charge is 0.243 e. The Bertz CT molecular complexity index is 1510. The van der Waals surface area contributed by atoms with Gasteiger partial charge in [-0.25, -0.2) is 8.42 Å². The molecule has 0 spiro atoms. The van der Waals surface area contributed by atoms with Crippen molar-refractivity contribution < 1.29 is 27.5 Å². The average Bonchev–Trinajstić information content (AvgIpc) is 3.45. The van der Waals surface area contributed by atoms with E-state index in [1.54, 1.807) is 23.1 Å². The van der Waals surface area contributed by atoms with Crippen LogP contribution in [-0.4, -0.2) is 56.8 Å². The molecule has 4 rings (SSSR count). The summed E-state index contributed by atoms with van der Waals surface area (Å²) in [5.74, 6) is 0.600. The highest BCUT2D eigenvalue weighted by Crippen LogP contribution is 2.36. The molecule has 10 heteroatoms. The van der Waals surface area contributed by atoms with Crippen LogP contribution in [0.15, 0.2) is 72.8 Å². The van der Waals surface area contributed by atoms with Crippen LogP contribution in [0.1, 0.15) is 49.8 Å². The van der Waals surface area contributed by atoms with Gasteiger partial charge in [-0.1, -0.05) is 61.5 Å². The average molecular weight is 608 g/mol. The number of anilines is 1. The molecule has 0 aliphatic carbocycles. The first-order chi connectivity index (χ1) is 20.6. The van der Waals surface area contributed by atoms with Gasteiger partial charge in [-0.15, -0.1) is 0 Å². The van der Waals surface area contributed by atoms with Gasteiger partial charge >= 0.3 is 0 Å². The predicted molar refractivity (Wildman–Crippen MR) is 168 cm³/mol. The molecule has 1 aliphatic rings. The summed E-state index contributed by atoms with van der Waals surface area (Å²) < 4.78 is 37.6. The maximum atomic E-state index is 14.0. The Morgan fingerprint density at radius 3 is 2.37 bits per heavy atom. The van der Waals surface area contributed by atoms with Crippen LogP contribution in [0.4, 0.5) is 5.69 Å². The molecular formula is C33H41N3O6S. The summed E-state index contributed by atoms with van der Waals surface area (Å²) in [6.45, 7) is 6.36. The van der Waals surface area contributed by atoms with Crippen molar-refractivity contribution in [1.29, 1.82) is 0 Å². The van der Waals surface area contributed by atoms with Crippen LogP contribution < -0.4 is 19.1 Å². The van der Waals surface area contributed by atoms with Crippen molar-refractivity contribution in [1.82, 2.24) is 10.2 Å². The summed E-state index contributed by atoms with van der Waals surface area (Å²) in [4.78, 5) is 29.4. The summed E-state index contributed by atoms with van der Waals surface area (Å²) in [7, 11) is -3.65. The highest BCUT2D eigenvalue weighted by Gasteiger charge is 2.31. The molecule has 0 saturated heterocycles. The van der Waals surface area contributed by atoms with Gasteiger partial charge < -0.3 is 19.7 Å². The van der Waals surface area contributed by atoms with Crippen molar-refractivity contribution in [3.05, 3.63) is 89.5 Å². The second-order valence-corrected chi connectivity index (χ2v) is 12.9. The topological polar surface area (TPSA) is 105 Å². The van der Waals surface area contributed by atoms with Crippen molar-refractivity contribution in [2.24, 2.45) is 0 Å². The van der Waals surface area contributed by atoms with E-state index in [9.17, 15) is 18.0 Å². The molecule has 3 aromatic rings. The number of hydrogen-bond donors (Lipinski definition) is 1. The molecule has 3 aromatic carbocycles. The predicted octanol–water partition coefficient (Wildman–Crippen LogP) is 4.82. The summed E-state index contributed by atoms with van der Waals surface area (Å²) in [6, 6.07) is 21.6. The Balaban J connectivity index is 1.59. The van der Waals surface area contributed by atoms with E-state index in [0.29, 0.717) is 23.6 Å². The molecule has 2 atom stereocenters. The first kappa shape index (κ1) is 31.9. The number of nitrogens with zero attached hydrogens (tertiary/aromatic N) is 2. The molecule has 2 amide bonds. The molecule has 0 saturated carbocycles. The molecule has 0 aromatic heterocycles. The highest BCUT2D eigenvalue weighted by molar-refractivity contribution is 7.92. The third-order valence-electron chi connectivity index (χ3n) is 7.67. The minimum Gasteiger partial charge on any atom is -0.454 e. The Morgan fingerprint density at radius 2 is 1.67 bits per heavy atom. The largest absolute Gasteiger partial charge is 0.454 e. The number of nitrogens with one attached hydrogen (secondary N) is 1. The number of carbonyl (C=O) groups excluding carboxylic acids is 2. The fourth-order valence-corrected chi connectivity index (χ4v) is 5.97. The van der Waals surface area contributed by atoms with Gasteiger partial charge in [0, 0.05) is 38.0 Å². The maximum Gasteiger partial charge on any atom is 0.243 e. The summed E-state index contributed by atoms with van der Waals surface area (Å²) in [5.41, 5.74) is 3.35. The van der Waals surface area contributed by atoms with Crippen LogP contribution in [0.5, 0.6) is 11.5 Å². The number of amides is 2. The van der Waals surface area contributed by atoms with Gasteiger partial charge in [0.05, 0.1) is 11.9 Å². The van der Waals surface area contributed by atoms with E-state index >= 15 is 0 Å². The van der Waals surface area contributed by atoms with E-state index in [4.69, 9.17) is 9.47 Å². The van der Waals surface area contributed by atoms with E-state index in [1.807, 2.05) is 75.4 Å².